The van der Waals surface area contributed by atoms with Crippen molar-refractivity contribution in [1.82, 2.24) is 10.2 Å². The molecule has 1 aliphatic rings. The van der Waals surface area contributed by atoms with Gasteiger partial charge in [0, 0.05) is 13.7 Å². The summed E-state index contributed by atoms with van der Waals surface area (Å²) in [6.07, 6.45) is 2.13. The van der Waals surface area contributed by atoms with E-state index in [-0.39, 0.29) is 30.0 Å². The van der Waals surface area contributed by atoms with E-state index in [1.807, 2.05) is 13.8 Å². The first-order valence-electron chi connectivity index (χ1n) is 7.39. The van der Waals surface area contributed by atoms with Crippen molar-refractivity contribution in [1.29, 1.82) is 0 Å². The number of hydrogen-bond donors (Lipinski definition) is 1. The summed E-state index contributed by atoms with van der Waals surface area (Å²) in [7, 11) is 1.74. The molecule has 0 bridgehead atoms. The van der Waals surface area contributed by atoms with Crippen LogP contribution >= 0.6 is 0 Å². The molecule has 1 saturated heterocycles. The standard InChI is InChI=1S/C16H23FN2O2/c1-11(15-5-4-10-21-15)18-16(20)19(3)12(2)13-6-8-14(17)9-7-13/h6-9,11-12,15H,4-5,10H2,1-3H3,(H,18,20)/t11-,12-,15+/m0/s1. The Hall–Kier alpha value is -1.62. The third kappa shape index (κ3) is 3.94. The highest BCUT2D eigenvalue weighted by Gasteiger charge is 2.26. The third-order valence-electron chi connectivity index (χ3n) is 4.13. The van der Waals surface area contributed by atoms with Gasteiger partial charge in [-0.1, -0.05) is 12.1 Å². The van der Waals surface area contributed by atoms with Crippen LogP contribution in [0.5, 0.6) is 0 Å². The number of halogens is 1. The van der Waals surface area contributed by atoms with Gasteiger partial charge < -0.3 is 15.0 Å². The van der Waals surface area contributed by atoms with Crippen molar-refractivity contribution in [2.45, 2.75) is 44.9 Å². The zero-order chi connectivity index (χ0) is 15.4. The molecular weight excluding hydrogens is 271 g/mol. The Morgan fingerprint density at radius 1 is 1.38 bits per heavy atom. The Morgan fingerprint density at radius 3 is 2.62 bits per heavy atom. The molecule has 116 valence electrons. The lowest BCUT2D eigenvalue weighted by molar-refractivity contribution is 0.0830. The van der Waals surface area contributed by atoms with Crippen molar-refractivity contribution in [3.05, 3.63) is 35.6 Å². The van der Waals surface area contributed by atoms with Gasteiger partial charge in [-0.15, -0.1) is 0 Å². The Kier molecular flexibility index (Phi) is 5.17. The number of amides is 2. The number of urea groups is 1. The quantitative estimate of drug-likeness (QED) is 0.927. The zero-order valence-electron chi connectivity index (χ0n) is 12.8. The number of hydrogen-bond acceptors (Lipinski definition) is 2. The van der Waals surface area contributed by atoms with Gasteiger partial charge >= 0.3 is 6.03 Å². The van der Waals surface area contributed by atoms with Gasteiger partial charge in [0.2, 0.25) is 0 Å². The molecule has 1 aromatic carbocycles. The molecule has 5 heteroatoms. The van der Waals surface area contributed by atoms with Gasteiger partial charge in [0.05, 0.1) is 18.2 Å². The van der Waals surface area contributed by atoms with E-state index in [0.717, 1.165) is 25.0 Å². The third-order valence-corrected chi connectivity index (χ3v) is 4.13. The molecule has 1 N–H and O–H groups in total. The molecule has 1 heterocycles. The van der Waals surface area contributed by atoms with Crippen molar-refractivity contribution >= 4 is 6.03 Å². The van der Waals surface area contributed by atoms with Crippen LogP contribution in [0.15, 0.2) is 24.3 Å². The fourth-order valence-corrected chi connectivity index (χ4v) is 2.53. The summed E-state index contributed by atoms with van der Waals surface area (Å²) in [5, 5.41) is 2.97. The Balaban J connectivity index is 1.93. The van der Waals surface area contributed by atoms with Gasteiger partial charge in [0.1, 0.15) is 5.82 Å². The van der Waals surface area contributed by atoms with Crippen LogP contribution in [0.1, 0.15) is 38.3 Å². The second-order valence-corrected chi connectivity index (χ2v) is 5.63. The molecule has 1 aliphatic heterocycles. The molecular formula is C16H23FN2O2. The molecule has 0 aliphatic carbocycles. The maximum atomic E-state index is 12.9. The van der Waals surface area contributed by atoms with Crippen LogP contribution in [0, 0.1) is 5.82 Å². The average Bonchev–Trinajstić information content (AvgIpc) is 3.00. The molecule has 1 aromatic rings. The van der Waals surface area contributed by atoms with Gasteiger partial charge in [0.15, 0.2) is 0 Å². The fourth-order valence-electron chi connectivity index (χ4n) is 2.53. The summed E-state index contributed by atoms with van der Waals surface area (Å²) < 4.78 is 18.5. The van der Waals surface area contributed by atoms with E-state index in [0.29, 0.717) is 0 Å². The SMILES string of the molecule is C[C@H](NC(=O)N(C)[C@@H](C)c1ccc(F)cc1)[C@H]1CCCO1. The summed E-state index contributed by atoms with van der Waals surface area (Å²) in [4.78, 5) is 13.9. The van der Waals surface area contributed by atoms with Crippen LogP contribution in [0.3, 0.4) is 0 Å². The predicted octanol–water partition coefficient (Wildman–Crippen LogP) is 3.10. The van der Waals surface area contributed by atoms with Crippen molar-refractivity contribution in [2.24, 2.45) is 0 Å². The van der Waals surface area contributed by atoms with Crippen LogP contribution in [-0.2, 0) is 4.74 Å². The fraction of sp³-hybridized carbons (Fsp3) is 0.562. The van der Waals surface area contributed by atoms with Gasteiger partial charge in [-0.05, 0) is 44.4 Å². The first-order valence-corrected chi connectivity index (χ1v) is 7.39. The highest BCUT2D eigenvalue weighted by molar-refractivity contribution is 5.74. The molecule has 0 spiro atoms. The van der Waals surface area contributed by atoms with Crippen LogP contribution in [0.25, 0.3) is 0 Å². The minimum Gasteiger partial charge on any atom is -0.376 e. The van der Waals surface area contributed by atoms with Gasteiger partial charge in [-0.25, -0.2) is 9.18 Å². The normalized spacial score (nSPS) is 20.9. The predicted molar refractivity (Wildman–Crippen MR) is 79.5 cm³/mol. The molecule has 3 atom stereocenters. The monoisotopic (exact) mass is 294 g/mol. The molecule has 0 unspecified atom stereocenters. The number of ether oxygens (including phenoxy) is 1. The number of nitrogens with one attached hydrogen (secondary N) is 1. The van der Waals surface area contributed by atoms with Gasteiger partial charge in [-0.3, -0.25) is 0 Å². The van der Waals surface area contributed by atoms with Crippen LogP contribution < -0.4 is 5.32 Å². The summed E-state index contributed by atoms with van der Waals surface area (Å²) in [6, 6.07) is 5.94. The molecule has 2 rings (SSSR count). The zero-order valence-corrected chi connectivity index (χ0v) is 12.8. The highest BCUT2D eigenvalue weighted by Crippen LogP contribution is 2.20. The average molecular weight is 294 g/mol. The van der Waals surface area contributed by atoms with E-state index in [4.69, 9.17) is 4.74 Å². The number of rotatable bonds is 4. The maximum absolute atomic E-state index is 12.9. The highest BCUT2D eigenvalue weighted by atomic mass is 19.1. The summed E-state index contributed by atoms with van der Waals surface area (Å²) >= 11 is 0. The number of nitrogens with zero attached hydrogens (tertiary/aromatic N) is 1. The van der Waals surface area contributed by atoms with E-state index >= 15 is 0 Å². The summed E-state index contributed by atoms with van der Waals surface area (Å²) in [6.45, 7) is 4.65. The van der Waals surface area contributed by atoms with Crippen molar-refractivity contribution in [3.63, 3.8) is 0 Å². The first kappa shape index (κ1) is 15.8. The summed E-state index contributed by atoms with van der Waals surface area (Å²) in [5.41, 5.74) is 0.902. The molecule has 0 aromatic heterocycles. The topological polar surface area (TPSA) is 41.6 Å². The van der Waals surface area contributed by atoms with E-state index in [1.54, 1.807) is 24.1 Å². The van der Waals surface area contributed by atoms with E-state index in [9.17, 15) is 9.18 Å². The van der Waals surface area contributed by atoms with Crippen molar-refractivity contribution in [3.8, 4) is 0 Å². The van der Waals surface area contributed by atoms with Gasteiger partial charge in [0.25, 0.3) is 0 Å². The van der Waals surface area contributed by atoms with Crippen molar-refractivity contribution in [2.75, 3.05) is 13.7 Å². The minimum atomic E-state index is -0.273. The lowest BCUT2D eigenvalue weighted by Gasteiger charge is -2.28. The Morgan fingerprint density at radius 2 is 2.05 bits per heavy atom. The second-order valence-electron chi connectivity index (χ2n) is 5.63. The summed E-state index contributed by atoms with van der Waals surface area (Å²) in [5.74, 6) is -0.273. The molecule has 0 radical (unpaired) electrons. The molecule has 2 amide bonds. The van der Waals surface area contributed by atoms with Crippen LogP contribution in [0.4, 0.5) is 9.18 Å². The smallest absolute Gasteiger partial charge is 0.317 e. The van der Waals surface area contributed by atoms with E-state index in [2.05, 4.69) is 5.32 Å². The van der Waals surface area contributed by atoms with Gasteiger partial charge in [-0.2, -0.15) is 0 Å². The first-order chi connectivity index (χ1) is 9.99. The number of carbonyl (C=O) groups excluding carboxylic acids is 1. The minimum absolute atomic E-state index is 0.0112. The van der Waals surface area contributed by atoms with Crippen LogP contribution in [0.2, 0.25) is 0 Å². The van der Waals surface area contributed by atoms with Crippen LogP contribution in [-0.4, -0.2) is 36.7 Å². The van der Waals surface area contributed by atoms with Crippen molar-refractivity contribution < 1.29 is 13.9 Å². The number of carbonyl (C=O) groups is 1. The molecule has 21 heavy (non-hydrogen) atoms. The Bertz CT molecular complexity index is 472. The van der Waals surface area contributed by atoms with E-state index in [1.165, 1.54) is 12.1 Å². The second kappa shape index (κ2) is 6.89. The largest absolute Gasteiger partial charge is 0.376 e. The lowest BCUT2D eigenvalue weighted by Crippen LogP contribution is -2.47. The molecule has 0 saturated carbocycles. The molecule has 4 nitrogen and oxygen atoms in total. The Labute approximate surface area is 125 Å². The molecule has 1 fully saturated rings. The number of benzene rings is 1. The van der Waals surface area contributed by atoms with E-state index < -0.39 is 0 Å². The maximum Gasteiger partial charge on any atom is 0.317 e. The lowest BCUT2D eigenvalue weighted by atomic mass is 10.1.